The quantitative estimate of drug-likeness (QED) is 0.736. The topological polar surface area (TPSA) is 46.3 Å². The maximum absolute atomic E-state index is 11.3. The number of nitrogens with zero attached hydrogens (tertiary/aromatic N) is 1. The van der Waals surface area contributed by atoms with Crippen LogP contribution in [0.3, 0.4) is 0 Å². The Bertz CT molecular complexity index is 363. The molecule has 0 atom stereocenters. The van der Waals surface area contributed by atoms with Gasteiger partial charge in [-0.1, -0.05) is 38.0 Å². The molecule has 3 nitrogen and oxygen atoms in total. The van der Waals surface area contributed by atoms with Gasteiger partial charge in [0.2, 0.25) is 5.91 Å². The number of nitrogens with two attached hydrogens (primary N) is 1. The van der Waals surface area contributed by atoms with Crippen LogP contribution in [0, 0.1) is 0 Å². The molecule has 0 radical (unpaired) electrons. The first-order valence-electron chi connectivity index (χ1n) is 6.21. The second-order valence-corrected chi connectivity index (χ2v) is 4.47. The van der Waals surface area contributed by atoms with Gasteiger partial charge < -0.3 is 10.6 Å². The third kappa shape index (κ3) is 4.57. The van der Waals surface area contributed by atoms with Crippen molar-refractivity contribution in [3.63, 3.8) is 0 Å². The van der Waals surface area contributed by atoms with Crippen molar-refractivity contribution in [3.8, 4) is 0 Å². The van der Waals surface area contributed by atoms with Crippen LogP contribution in [0.5, 0.6) is 0 Å². The molecular weight excluding hydrogens is 212 g/mol. The largest absolute Gasteiger partial charge is 0.366 e. The van der Waals surface area contributed by atoms with Crippen molar-refractivity contribution in [2.45, 2.75) is 32.7 Å². The van der Waals surface area contributed by atoms with Gasteiger partial charge in [0.05, 0.1) is 0 Å². The first-order chi connectivity index (χ1) is 8.15. The van der Waals surface area contributed by atoms with Gasteiger partial charge in [0.25, 0.3) is 0 Å². The summed E-state index contributed by atoms with van der Waals surface area (Å²) in [6.45, 7) is 4.03. The summed E-state index contributed by atoms with van der Waals surface area (Å²) in [5.41, 5.74) is 7.00. The van der Waals surface area contributed by atoms with Crippen molar-refractivity contribution in [1.82, 2.24) is 4.90 Å². The van der Waals surface area contributed by atoms with E-state index < -0.39 is 0 Å². The van der Waals surface area contributed by atoms with E-state index >= 15 is 0 Å². The molecule has 17 heavy (non-hydrogen) atoms. The fraction of sp³-hybridized carbons (Fsp3) is 0.500. The van der Waals surface area contributed by atoms with Gasteiger partial charge in [0.1, 0.15) is 0 Å². The van der Waals surface area contributed by atoms with E-state index in [0.717, 1.165) is 18.7 Å². The molecule has 2 N–H and O–H groups in total. The average molecular weight is 234 g/mol. The van der Waals surface area contributed by atoms with E-state index in [1.54, 1.807) is 6.07 Å². The molecular formula is C14H22N2O. The fourth-order valence-corrected chi connectivity index (χ4v) is 1.90. The Hall–Kier alpha value is -1.35. The van der Waals surface area contributed by atoms with E-state index in [-0.39, 0.29) is 5.91 Å². The van der Waals surface area contributed by atoms with Crippen molar-refractivity contribution in [2.75, 3.05) is 13.6 Å². The Morgan fingerprint density at radius 1 is 1.29 bits per heavy atom. The van der Waals surface area contributed by atoms with Crippen LogP contribution in [0.15, 0.2) is 24.3 Å². The minimum absolute atomic E-state index is 0.345. The molecule has 0 unspecified atom stereocenters. The summed E-state index contributed by atoms with van der Waals surface area (Å²) < 4.78 is 0. The van der Waals surface area contributed by atoms with Gasteiger partial charge in [-0.15, -0.1) is 0 Å². The van der Waals surface area contributed by atoms with Crippen molar-refractivity contribution < 1.29 is 4.79 Å². The molecule has 1 aromatic rings. The molecule has 0 heterocycles. The molecule has 0 fully saturated rings. The number of amides is 1. The molecule has 0 spiro atoms. The van der Waals surface area contributed by atoms with Crippen LogP contribution in [-0.4, -0.2) is 24.4 Å². The van der Waals surface area contributed by atoms with Gasteiger partial charge in [-0.25, -0.2) is 0 Å². The SMILES string of the molecule is CCCCCN(C)Cc1ccccc1C(N)=O. The minimum atomic E-state index is -0.345. The standard InChI is InChI=1S/C14H22N2O/c1-3-4-7-10-16(2)11-12-8-5-6-9-13(12)14(15)17/h5-6,8-9H,3-4,7,10-11H2,1-2H3,(H2,15,17). The summed E-state index contributed by atoms with van der Waals surface area (Å²) in [6.07, 6.45) is 3.68. The Morgan fingerprint density at radius 3 is 2.65 bits per heavy atom. The summed E-state index contributed by atoms with van der Waals surface area (Å²) >= 11 is 0. The number of hydrogen-bond donors (Lipinski definition) is 1. The molecule has 0 bridgehead atoms. The second kappa shape index (κ2) is 7.07. The van der Waals surface area contributed by atoms with Crippen LogP contribution >= 0.6 is 0 Å². The highest BCUT2D eigenvalue weighted by Crippen LogP contribution is 2.11. The molecule has 0 aliphatic heterocycles. The normalized spacial score (nSPS) is 10.8. The molecule has 0 aliphatic rings. The van der Waals surface area contributed by atoms with Crippen molar-refractivity contribution in [3.05, 3.63) is 35.4 Å². The number of primary amides is 1. The molecule has 1 rings (SSSR count). The number of carbonyl (C=O) groups is 1. The van der Waals surface area contributed by atoms with Crippen LogP contribution in [0.1, 0.15) is 42.1 Å². The molecule has 1 aromatic carbocycles. The summed E-state index contributed by atoms with van der Waals surface area (Å²) in [4.78, 5) is 13.5. The van der Waals surface area contributed by atoms with Crippen molar-refractivity contribution in [1.29, 1.82) is 0 Å². The van der Waals surface area contributed by atoms with Crippen LogP contribution in [0.2, 0.25) is 0 Å². The lowest BCUT2D eigenvalue weighted by molar-refractivity contribution is 0.0998. The second-order valence-electron chi connectivity index (χ2n) is 4.47. The average Bonchev–Trinajstić information content (AvgIpc) is 2.29. The third-order valence-corrected chi connectivity index (χ3v) is 2.87. The van der Waals surface area contributed by atoms with Gasteiger partial charge in [-0.05, 0) is 31.6 Å². The zero-order chi connectivity index (χ0) is 12.7. The van der Waals surface area contributed by atoms with Crippen molar-refractivity contribution in [2.24, 2.45) is 5.73 Å². The van der Waals surface area contributed by atoms with E-state index in [9.17, 15) is 4.79 Å². The smallest absolute Gasteiger partial charge is 0.249 e. The summed E-state index contributed by atoms with van der Waals surface area (Å²) in [5.74, 6) is -0.345. The van der Waals surface area contributed by atoms with E-state index in [1.807, 2.05) is 18.2 Å². The first-order valence-corrected chi connectivity index (χ1v) is 6.21. The highest BCUT2D eigenvalue weighted by atomic mass is 16.1. The first kappa shape index (κ1) is 13.7. The predicted octanol–water partition coefficient (Wildman–Crippen LogP) is 2.41. The Kier molecular flexibility index (Phi) is 5.70. The summed E-state index contributed by atoms with van der Waals surface area (Å²) in [6, 6.07) is 7.55. The summed E-state index contributed by atoms with van der Waals surface area (Å²) in [5, 5.41) is 0. The van der Waals surface area contributed by atoms with E-state index in [0.29, 0.717) is 5.56 Å². The summed E-state index contributed by atoms with van der Waals surface area (Å²) in [7, 11) is 2.08. The van der Waals surface area contributed by atoms with Gasteiger partial charge in [-0.2, -0.15) is 0 Å². The zero-order valence-corrected chi connectivity index (χ0v) is 10.8. The monoisotopic (exact) mass is 234 g/mol. The number of hydrogen-bond acceptors (Lipinski definition) is 2. The van der Waals surface area contributed by atoms with Gasteiger partial charge in [0, 0.05) is 12.1 Å². The number of rotatable bonds is 7. The molecule has 0 saturated heterocycles. The molecule has 0 aromatic heterocycles. The molecule has 0 saturated carbocycles. The zero-order valence-electron chi connectivity index (χ0n) is 10.8. The van der Waals surface area contributed by atoms with Gasteiger partial charge in [0.15, 0.2) is 0 Å². The third-order valence-electron chi connectivity index (χ3n) is 2.87. The Morgan fingerprint density at radius 2 is 2.00 bits per heavy atom. The highest BCUT2D eigenvalue weighted by molar-refractivity contribution is 5.94. The number of unbranched alkanes of at least 4 members (excludes halogenated alkanes) is 2. The van der Waals surface area contributed by atoms with E-state index in [2.05, 4.69) is 18.9 Å². The molecule has 3 heteroatoms. The lowest BCUT2D eigenvalue weighted by atomic mass is 10.1. The van der Waals surface area contributed by atoms with Crippen LogP contribution in [0.25, 0.3) is 0 Å². The molecule has 1 amide bonds. The Balaban J connectivity index is 2.58. The lowest BCUT2D eigenvalue weighted by Crippen LogP contribution is -2.22. The van der Waals surface area contributed by atoms with Crippen molar-refractivity contribution >= 4 is 5.91 Å². The highest BCUT2D eigenvalue weighted by Gasteiger charge is 2.08. The maximum atomic E-state index is 11.3. The van der Waals surface area contributed by atoms with E-state index in [1.165, 1.54) is 19.3 Å². The molecule has 94 valence electrons. The fourth-order valence-electron chi connectivity index (χ4n) is 1.90. The van der Waals surface area contributed by atoms with Crippen LogP contribution < -0.4 is 5.73 Å². The molecule has 0 aliphatic carbocycles. The van der Waals surface area contributed by atoms with Gasteiger partial charge >= 0.3 is 0 Å². The minimum Gasteiger partial charge on any atom is -0.366 e. The maximum Gasteiger partial charge on any atom is 0.249 e. The van der Waals surface area contributed by atoms with Crippen LogP contribution in [0.4, 0.5) is 0 Å². The van der Waals surface area contributed by atoms with Gasteiger partial charge in [-0.3, -0.25) is 4.79 Å². The van der Waals surface area contributed by atoms with E-state index in [4.69, 9.17) is 5.73 Å². The Labute approximate surface area is 104 Å². The number of carbonyl (C=O) groups excluding carboxylic acids is 1. The predicted molar refractivity (Wildman–Crippen MR) is 70.8 cm³/mol. The lowest BCUT2D eigenvalue weighted by Gasteiger charge is -2.17. The van der Waals surface area contributed by atoms with Crippen LogP contribution in [-0.2, 0) is 6.54 Å². The number of benzene rings is 1.